The lowest BCUT2D eigenvalue weighted by molar-refractivity contribution is 0.0924. The number of carbonyl (C=O) groups is 1. The molecule has 0 spiro atoms. The standard InChI is InChI=1S/C20H28N4O2/c1-14-19(15(2)26-22-14)20(25)21-18-13-24(12-17(18)11-23(3)4)10-16-8-6-5-7-9-16/h5-9,17-18H,10-13H2,1-4H3,(H,21,25)/t17-,18-/m1/s1. The molecule has 1 aromatic carbocycles. The van der Waals surface area contributed by atoms with E-state index in [2.05, 4.69) is 58.6 Å². The van der Waals surface area contributed by atoms with Gasteiger partial charge in [0.1, 0.15) is 11.3 Å². The Balaban J connectivity index is 1.70. The topological polar surface area (TPSA) is 61.6 Å². The van der Waals surface area contributed by atoms with E-state index in [1.54, 1.807) is 13.8 Å². The third kappa shape index (κ3) is 4.31. The number of likely N-dealkylation sites (tertiary alicyclic amines) is 1. The molecule has 3 rings (SSSR count). The van der Waals surface area contributed by atoms with Gasteiger partial charge in [-0.1, -0.05) is 35.5 Å². The molecule has 1 amide bonds. The van der Waals surface area contributed by atoms with Crippen molar-refractivity contribution in [2.24, 2.45) is 5.92 Å². The first-order valence-electron chi connectivity index (χ1n) is 9.08. The largest absolute Gasteiger partial charge is 0.361 e. The molecule has 1 fully saturated rings. The quantitative estimate of drug-likeness (QED) is 0.859. The summed E-state index contributed by atoms with van der Waals surface area (Å²) in [6, 6.07) is 10.6. The Morgan fingerprint density at radius 3 is 2.62 bits per heavy atom. The van der Waals surface area contributed by atoms with Crippen LogP contribution in [0, 0.1) is 19.8 Å². The van der Waals surface area contributed by atoms with Gasteiger partial charge in [0.15, 0.2) is 0 Å². The number of amides is 1. The molecule has 6 heteroatoms. The molecule has 0 aliphatic carbocycles. The average Bonchev–Trinajstić information content (AvgIpc) is 3.10. The van der Waals surface area contributed by atoms with Crippen molar-refractivity contribution in [2.75, 3.05) is 33.7 Å². The van der Waals surface area contributed by atoms with E-state index in [4.69, 9.17) is 4.52 Å². The van der Waals surface area contributed by atoms with Crippen molar-refractivity contribution >= 4 is 5.91 Å². The average molecular weight is 356 g/mol. The van der Waals surface area contributed by atoms with Gasteiger partial charge in [0.05, 0.1) is 5.69 Å². The van der Waals surface area contributed by atoms with Crippen molar-refractivity contribution in [1.82, 2.24) is 20.3 Å². The van der Waals surface area contributed by atoms with Gasteiger partial charge in [-0.15, -0.1) is 0 Å². The molecule has 0 radical (unpaired) electrons. The third-order valence-corrected chi connectivity index (χ3v) is 4.94. The highest BCUT2D eigenvalue weighted by Crippen LogP contribution is 2.21. The predicted molar refractivity (Wildman–Crippen MR) is 101 cm³/mol. The van der Waals surface area contributed by atoms with Crippen LogP contribution < -0.4 is 5.32 Å². The minimum atomic E-state index is -0.0865. The van der Waals surface area contributed by atoms with E-state index in [1.165, 1.54) is 5.56 Å². The second kappa shape index (κ2) is 8.01. The van der Waals surface area contributed by atoms with Crippen LogP contribution in [0.25, 0.3) is 0 Å². The smallest absolute Gasteiger partial charge is 0.257 e. The van der Waals surface area contributed by atoms with Crippen molar-refractivity contribution in [3.63, 3.8) is 0 Å². The summed E-state index contributed by atoms with van der Waals surface area (Å²) in [5, 5.41) is 7.12. The summed E-state index contributed by atoms with van der Waals surface area (Å²) >= 11 is 0. The molecule has 1 aliphatic rings. The molecule has 140 valence electrons. The first-order valence-corrected chi connectivity index (χ1v) is 9.08. The summed E-state index contributed by atoms with van der Waals surface area (Å²) in [4.78, 5) is 17.4. The van der Waals surface area contributed by atoms with Crippen molar-refractivity contribution in [2.45, 2.75) is 26.4 Å². The lowest BCUT2D eigenvalue weighted by Crippen LogP contribution is -2.43. The Kier molecular flexibility index (Phi) is 5.74. The van der Waals surface area contributed by atoms with Gasteiger partial charge in [-0.2, -0.15) is 0 Å². The van der Waals surface area contributed by atoms with Gasteiger partial charge in [-0.05, 0) is 33.5 Å². The van der Waals surface area contributed by atoms with Gasteiger partial charge in [-0.3, -0.25) is 9.69 Å². The molecule has 1 aromatic heterocycles. The van der Waals surface area contributed by atoms with E-state index < -0.39 is 0 Å². The van der Waals surface area contributed by atoms with Gasteiger partial charge >= 0.3 is 0 Å². The van der Waals surface area contributed by atoms with Crippen LogP contribution in [-0.2, 0) is 6.54 Å². The lowest BCUT2D eigenvalue weighted by atomic mass is 10.0. The highest BCUT2D eigenvalue weighted by atomic mass is 16.5. The molecule has 26 heavy (non-hydrogen) atoms. The van der Waals surface area contributed by atoms with E-state index in [1.807, 2.05) is 6.07 Å². The molecule has 1 N–H and O–H groups in total. The lowest BCUT2D eigenvalue weighted by Gasteiger charge is -2.22. The molecule has 2 aromatic rings. The minimum absolute atomic E-state index is 0.0865. The maximum atomic E-state index is 12.8. The number of carbonyl (C=O) groups excluding carboxylic acids is 1. The summed E-state index contributed by atoms with van der Waals surface area (Å²) in [5.41, 5.74) is 2.51. The number of hydrogen-bond acceptors (Lipinski definition) is 5. The molecule has 2 atom stereocenters. The van der Waals surface area contributed by atoms with Gasteiger partial charge in [0.25, 0.3) is 5.91 Å². The highest BCUT2D eigenvalue weighted by Gasteiger charge is 2.35. The zero-order valence-corrected chi connectivity index (χ0v) is 16.0. The van der Waals surface area contributed by atoms with Crippen molar-refractivity contribution < 1.29 is 9.32 Å². The van der Waals surface area contributed by atoms with Gasteiger partial charge in [0, 0.05) is 38.1 Å². The summed E-state index contributed by atoms with van der Waals surface area (Å²) in [6.45, 7) is 7.25. The van der Waals surface area contributed by atoms with Crippen LogP contribution in [0.5, 0.6) is 0 Å². The summed E-state index contributed by atoms with van der Waals surface area (Å²) in [7, 11) is 4.15. The predicted octanol–water partition coefficient (Wildman–Crippen LogP) is 2.08. The van der Waals surface area contributed by atoms with Crippen LogP contribution in [-0.4, -0.2) is 60.6 Å². The minimum Gasteiger partial charge on any atom is -0.361 e. The molecular formula is C20H28N4O2. The zero-order valence-electron chi connectivity index (χ0n) is 16.0. The summed E-state index contributed by atoms with van der Waals surface area (Å²) in [6.07, 6.45) is 0. The third-order valence-electron chi connectivity index (χ3n) is 4.94. The molecule has 2 heterocycles. The fourth-order valence-corrected chi connectivity index (χ4v) is 3.80. The molecule has 1 aliphatic heterocycles. The van der Waals surface area contributed by atoms with Crippen molar-refractivity contribution in [3.8, 4) is 0 Å². The van der Waals surface area contributed by atoms with E-state index in [0.717, 1.165) is 26.2 Å². The maximum absolute atomic E-state index is 12.8. The van der Waals surface area contributed by atoms with Gasteiger partial charge in [-0.25, -0.2) is 0 Å². The monoisotopic (exact) mass is 356 g/mol. The maximum Gasteiger partial charge on any atom is 0.257 e. The zero-order chi connectivity index (χ0) is 18.7. The van der Waals surface area contributed by atoms with E-state index >= 15 is 0 Å². The van der Waals surface area contributed by atoms with Crippen molar-refractivity contribution in [1.29, 1.82) is 0 Å². The van der Waals surface area contributed by atoms with Crippen LogP contribution in [0.1, 0.15) is 27.4 Å². The number of aryl methyl sites for hydroxylation is 2. The molecule has 6 nitrogen and oxygen atoms in total. The Hall–Kier alpha value is -2.18. The van der Waals surface area contributed by atoms with Crippen LogP contribution >= 0.6 is 0 Å². The first-order chi connectivity index (χ1) is 12.4. The number of benzene rings is 1. The van der Waals surface area contributed by atoms with Crippen LogP contribution in [0.4, 0.5) is 0 Å². The van der Waals surface area contributed by atoms with Gasteiger partial charge in [0.2, 0.25) is 0 Å². The molecular weight excluding hydrogens is 328 g/mol. The summed E-state index contributed by atoms with van der Waals surface area (Å²) < 4.78 is 5.14. The SMILES string of the molecule is Cc1noc(C)c1C(=O)N[C@@H]1CN(Cc2ccccc2)C[C@H]1CN(C)C. The van der Waals surface area contributed by atoms with Crippen LogP contribution in [0.15, 0.2) is 34.9 Å². The second-order valence-corrected chi connectivity index (χ2v) is 7.48. The Bertz CT molecular complexity index is 722. The Morgan fingerprint density at radius 2 is 2.00 bits per heavy atom. The number of rotatable bonds is 6. The van der Waals surface area contributed by atoms with E-state index in [9.17, 15) is 4.79 Å². The fourth-order valence-electron chi connectivity index (χ4n) is 3.80. The number of nitrogens with zero attached hydrogens (tertiary/aromatic N) is 3. The van der Waals surface area contributed by atoms with E-state index in [-0.39, 0.29) is 11.9 Å². The van der Waals surface area contributed by atoms with Crippen molar-refractivity contribution in [3.05, 3.63) is 52.9 Å². The van der Waals surface area contributed by atoms with Gasteiger partial charge < -0.3 is 14.7 Å². The van der Waals surface area contributed by atoms with Crippen LogP contribution in [0.3, 0.4) is 0 Å². The van der Waals surface area contributed by atoms with Crippen LogP contribution in [0.2, 0.25) is 0 Å². The normalized spacial score (nSPS) is 20.7. The molecule has 0 unspecified atom stereocenters. The number of aromatic nitrogens is 1. The number of hydrogen-bond donors (Lipinski definition) is 1. The second-order valence-electron chi connectivity index (χ2n) is 7.48. The molecule has 0 saturated carbocycles. The first kappa shape index (κ1) is 18.6. The molecule has 1 saturated heterocycles. The highest BCUT2D eigenvalue weighted by molar-refractivity contribution is 5.96. The number of nitrogens with one attached hydrogen (secondary N) is 1. The Morgan fingerprint density at radius 1 is 1.27 bits per heavy atom. The summed E-state index contributed by atoms with van der Waals surface area (Å²) in [5.74, 6) is 0.873. The Labute approximate surface area is 155 Å². The fraction of sp³-hybridized carbons (Fsp3) is 0.500. The van der Waals surface area contributed by atoms with E-state index in [0.29, 0.717) is 22.9 Å². The molecule has 0 bridgehead atoms.